The Morgan fingerprint density at radius 1 is 1.57 bits per heavy atom. The summed E-state index contributed by atoms with van der Waals surface area (Å²) in [5.41, 5.74) is 5.63. The van der Waals surface area contributed by atoms with E-state index >= 15 is 0 Å². The quantitative estimate of drug-likeness (QED) is 0.620. The zero-order valence-corrected chi connectivity index (χ0v) is 13.8. The molecule has 2 aliphatic rings. The lowest BCUT2D eigenvalue weighted by Gasteiger charge is -2.43. The number of carboxylic acid groups (broad SMARTS) is 1. The highest BCUT2D eigenvalue weighted by Gasteiger charge is 2.57. The van der Waals surface area contributed by atoms with Gasteiger partial charge in [0.25, 0.3) is 0 Å². The Kier molecular flexibility index (Phi) is 4.63. The fraction of sp³-hybridized carbons (Fsp3) is 0.692. The maximum absolute atomic E-state index is 12.0. The lowest BCUT2D eigenvalue weighted by molar-refractivity contribution is -0.156. The van der Waals surface area contributed by atoms with Crippen LogP contribution >= 0.6 is 23.5 Å². The Balaban J connectivity index is 2.17. The average molecular weight is 332 g/mol. The van der Waals surface area contributed by atoms with Gasteiger partial charge in [-0.3, -0.25) is 9.69 Å². The molecule has 0 aromatic heterocycles. The molecule has 0 spiro atoms. The molecule has 118 valence electrons. The van der Waals surface area contributed by atoms with Gasteiger partial charge in [0.1, 0.15) is 5.37 Å². The van der Waals surface area contributed by atoms with Crippen molar-refractivity contribution in [2.45, 2.75) is 32.2 Å². The summed E-state index contributed by atoms with van der Waals surface area (Å²) in [4.78, 5) is 24.8. The number of nitrogens with two attached hydrogens (primary N) is 1. The molecule has 0 aromatic rings. The van der Waals surface area contributed by atoms with E-state index in [1.807, 2.05) is 13.8 Å². The number of nitrogens with zero attached hydrogens (tertiary/aromatic N) is 1. The molecule has 1 amide bonds. The van der Waals surface area contributed by atoms with E-state index in [2.05, 4.69) is 0 Å². The summed E-state index contributed by atoms with van der Waals surface area (Å²) < 4.78 is 0.630. The van der Waals surface area contributed by atoms with E-state index in [1.54, 1.807) is 6.92 Å². The number of carbonyl (C=O) groups is 2. The summed E-state index contributed by atoms with van der Waals surface area (Å²) in [6, 6.07) is 0. The molecule has 0 aromatic carbocycles. The number of amides is 1. The van der Waals surface area contributed by atoms with Crippen LogP contribution in [0.1, 0.15) is 20.8 Å². The van der Waals surface area contributed by atoms with Crippen molar-refractivity contribution in [3.8, 4) is 0 Å². The van der Waals surface area contributed by atoms with E-state index < -0.39 is 18.0 Å². The zero-order chi connectivity index (χ0) is 15.9. The molecule has 0 aliphatic carbocycles. The average Bonchev–Trinajstić information content (AvgIpc) is 2.70. The number of aliphatic hydroxyl groups excluding tert-OH is 1. The summed E-state index contributed by atoms with van der Waals surface area (Å²) in [5, 5.41) is 18.7. The molecular formula is C13H20N2O4S2. The van der Waals surface area contributed by atoms with E-state index in [4.69, 9.17) is 5.73 Å². The number of fused-ring (bicyclic) bond motifs is 1. The van der Waals surface area contributed by atoms with Gasteiger partial charge >= 0.3 is 5.97 Å². The normalized spacial score (nSPS) is 26.7. The highest BCUT2D eigenvalue weighted by Crippen LogP contribution is 2.54. The highest BCUT2D eigenvalue weighted by molar-refractivity contribution is 8.22. The summed E-state index contributed by atoms with van der Waals surface area (Å²) in [6.45, 7) is 6.09. The summed E-state index contributed by atoms with van der Waals surface area (Å²) >= 11 is 2.78. The molecule has 2 aliphatic heterocycles. The minimum atomic E-state index is -1.10. The van der Waals surface area contributed by atoms with Crippen molar-refractivity contribution in [2.75, 3.05) is 12.3 Å². The van der Waals surface area contributed by atoms with Gasteiger partial charge < -0.3 is 15.9 Å². The maximum Gasteiger partial charge on any atom is 0.354 e. The van der Waals surface area contributed by atoms with Gasteiger partial charge in [-0.15, -0.1) is 11.8 Å². The Bertz CT molecular complexity index is 504. The number of rotatable bonds is 6. The van der Waals surface area contributed by atoms with Crippen LogP contribution in [0.25, 0.3) is 0 Å². The third kappa shape index (κ3) is 2.94. The van der Waals surface area contributed by atoms with E-state index in [0.29, 0.717) is 16.5 Å². The van der Waals surface area contributed by atoms with Crippen molar-refractivity contribution in [3.63, 3.8) is 0 Å². The van der Waals surface area contributed by atoms with Crippen molar-refractivity contribution in [3.05, 3.63) is 9.93 Å². The molecule has 1 saturated heterocycles. The van der Waals surface area contributed by atoms with Gasteiger partial charge in [-0.2, -0.15) is 0 Å². The monoisotopic (exact) mass is 332 g/mol. The largest absolute Gasteiger partial charge is 0.477 e. The number of aliphatic carboxylic acids is 1. The van der Waals surface area contributed by atoms with Crippen molar-refractivity contribution < 1.29 is 19.8 Å². The van der Waals surface area contributed by atoms with Crippen LogP contribution in [0.3, 0.4) is 0 Å². The minimum absolute atomic E-state index is 0.0460. The molecule has 2 rings (SSSR count). The smallest absolute Gasteiger partial charge is 0.354 e. The lowest BCUT2D eigenvalue weighted by Crippen LogP contribution is -2.60. The Morgan fingerprint density at radius 2 is 2.19 bits per heavy atom. The van der Waals surface area contributed by atoms with Crippen LogP contribution in [-0.2, 0) is 9.59 Å². The first-order valence-corrected chi connectivity index (χ1v) is 8.54. The van der Waals surface area contributed by atoms with Gasteiger partial charge in [-0.05, 0) is 18.9 Å². The van der Waals surface area contributed by atoms with Crippen LogP contribution in [-0.4, -0.2) is 50.8 Å². The molecule has 1 fully saturated rings. The van der Waals surface area contributed by atoms with E-state index in [9.17, 15) is 19.8 Å². The Hall–Kier alpha value is -0.700. The lowest BCUT2D eigenvalue weighted by atomic mass is 9.92. The highest BCUT2D eigenvalue weighted by atomic mass is 32.2. The first-order valence-electron chi connectivity index (χ1n) is 6.68. The summed E-state index contributed by atoms with van der Waals surface area (Å²) in [5.74, 6) is -1.26. The van der Waals surface area contributed by atoms with E-state index in [0.717, 1.165) is 0 Å². The number of thioether (sulfide) groups is 2. The Morgan fingerprint density at radius 3 is 2.67 bits per heavy atom. The SMILES string of the molecule is CC(O)C1C(=O)N2C(C(=O)O)=C(SCC(C)(C)CN)S[C@H]12. The second kappa shape index (κ2) is 5.83. The number of hydrogen-bond acceptors (Lipinski definition) is 6. The number of carbonyl (C=O) groups excluding carboxylic acids is 1. The topological polar surface area (TPSA) is 104 Å². The van der Waals surface area contributed by atoms with Crippen LogP contribution in [0, 0.1) is 11.3 Å². The van der Waals surface area contributed by atoms with Gasteiger partial charge in [0.2, 0.25) is 5.91 Å². The fourth-order valence-corrected chi connectivity index (χ4v) is 5.20. The third-order valence-corrected chi connectivity index (χ3v) is 6.79. The number of carboxylic acids is 1. The predicted molar refractivity (Wildman–Crippen MR) is 83.4 cm³/mol. The first kappa shape index (κ1) is 16.7. The molecule has 0 bridgehead atoms. The third-order valence-electron chi connectivity index (χ3n) is 3.62. The number of aliphatic hydroxyl groups is 1. The summed E-state index contributed by atoms with van der Waals surface area (Å²) in [6.07, 6.45) is -0.772. The summed E-state index contributed by atoms with van der Waals surface area (Å²) in [7, 11) is 0. The fourth-order valence-electron chi connectivity index (χ4n) is 2.17. The molecule has 3 atom stereocenters. The zero-order valence-electron chi connectivity index (χ0n) is 12.2. The second-order valence-electron chi connectivity index (χ2n) is 6.08. The molecule has 6 nitrogen and oxygen atoms in total. The van der Waals surface area contributed by atoms with Gasteiger partial charge in [0.05, 0.1) is 16.3 Å². The molecule has 4 N–H and O–H groups in total. The predicted octanol–water partition coefficient (Wildman–Crippen LogP) is 0.870. The van der Waals surface area contributed by atoms with Crippen LogP contribution < -0.4 is 5.73 Å². The van der Waals surface area contributed by atoms with Gasteiger partial charge in [0.15, 0.2) is 5.70 Å². The molecular weight excluding hydrogens is 312 g/mol. The van der Waals surface area contributed by atoms with Gasteiger partial charge in [-0.25, -0.2) is 4.79 Å². The minimum Gasteiger partial charge on any atom is -0.477 e. The van der Waals surface area contributed by atoms with E-state index in [-0.39, 0.29) is 22.4 Å². The van der Waals surface area contributed by atoms with Crippen LogP contribution in [0.4, 0.5) is 0 Å². The van der Waals surface area contributed by atoms with Crippen LogP contribution in [0.5, 0.6) is 0 Å². The van der Waals surface area contributed by atoms with Crippen molar-refractivity contribution in [1.82, 2.24) is 4.90 Å². The van der Waals surface area contributed by atoms with E-state index in [1.165, 1.54) is 28.4 Å². The van der Waals surface area contributed by atoms with Gasteiger partial charge in [-0.1, -0.05) is 25.6 Å². The van der Waals surface area contributed by atoms with Crippen molar-refractivity contribution in [2.24, 2.45) is 17.1 Å². The first-order chi connectivity index (χ1) is 9.69. The van der Waals surface area contributed by atoms with Crippen LogP contribution in [0.2, 0.25) is 0 Å². The maximum atomic E-state index is 12.0. The second-order valence-corrected chi connectivity index (χ2v) is 8.45. The molecule has 21 heavy (non-hydrogen) atoms. The molecule has 2 unspecified atom stereocenters. The van der Waals surface area contributed by atoms with Crippen molar-refractivity contribution in [1.29, 1.82) is 0 Å². The van der Waals surface area contributed by atoms with Crippen molar-refractivity contribution >= 4 is 35.4 Å². The Labute approximate surface area is 132 Å². The molecule has 0 radical (unpaired) electrons. The van der Waals surface area contributed by atoms with Crippen LogP contribution in [0.15, 0.2) is 9.93 Å². The number of hydrogen-bond donors (Lipinski definition) is 3. The molecule has 8 heteroatoms. The van der Waals surface area contributed by atoms with Gasteiger partial charge in [0, 0.05) is 5.75 Å². The molecule has 2 heterocycles. The molecule has 0 saturated carbocycles. The number of β-lactam (4-membered cyclic amide) rings is 1. The standard InChI is InChI=1S/C13H20N2O4S2/c1-6(16)7-9(17)15-8(11(18)19)12(21-10(7)15)20-5-13(2,3)4-14/h6-7,10,16H,4-5,14H2,1-3H3,(H,18,19)/t6?,7?,10-/m1/s1.